The van der Waals surface area contributed by atoms with E-state index in [1.165, 1.54) is 11.8 Å². The number of thioether (sulfide) groups is 1. The number of anilines is 1. The topological polar surface area (TPSA) is 53.8 Å². The predicted octanol–water partition coefficient (Wildman–Crippen LogP) is 6.23. The van der Waals surface area contributed by atoms with Gasteiger partial charge in [-0.3, -0.25) is 9.79 Å². The van der Waals surface area contributed by atoms with Gasteiger partial charge in [0.15, 0.2) is 0 Å². The number of nitrogens with zero attached hydrogens (tertiary/aromatic N) is 2. The van der Waals surface area contributed by atoms with Crippen molar-refractivity contribution in [3.8, 4) is 0 Å². The molecule has 0 spiro atoms. The molecule has 4 rings (SSSR count). The monoisotopic (exact) mass is 413 g/mol. The molecule has 1 aliphatic heterocycles. The number of aliphatic imine (C=N–C) groups is 2. The molecular weight excluding hydrogens is 390 g/mol. The molecule has 30 heavy (non-hydrogen) atoms. The van der Waals surface area contributed by atoms with Crippen LogP contribution in [0.1, 0.15) is 23.1 Å². The Morgan fingerprint density at radius 2 is 1.63 bits per heavy atom. The first kappa shape index (κ1) is 20.1. The van der Waals surface area contributed by atoms with E-state index in [9.17, 15) is 4.79 Å². The molecule has 1 amide bonds. The van der Waals surface area contributed by atoms with Crippen LogP contribution in [0.3, 0.4) is 0 Å². The van der Waals surface area contributed by atoms with Crippen molar-refractivity contribution in [2.45, 2.75) is 20.3 Å². The minimum absolute atomic E-state index is 0.0351. The highest BCUT2D eigenvalue weighted by atomic mass is 32.2. The smallest absolute Gasteiger partial charge is 0.234 e. The lowest BCUT2D eigenvalue weighted by Crippen LogP contribution is -2.17. The van der Waals surface area contributed by atoms with E-state index in [1.807, 2.05) is 74.5 Å². The zero-order chi connectivity index (χ0) is 20.9. The molecule has 1 heterocycles. The Balaban J connectivity index is 1.52. The maximum absolute atomic E-state index is 12.6. The maximum atomic E-state index is 12.6. The van der Waals surface area contributed by atoms with Crippen LogP contribution in [-0.4, -0.2) is 22.4 Å². The Labute approximate surface area is 181 Å². The second kappa shape index (κ2) is 9.09. The lowest BCUT2D eigenvalue weighted by molar-refractivity contribution is -0.113. The average molecular weight is 414 g/mol. The lowest BCUT2D eigenvalue weighted by atomic mass is 10.1. The van der Waals surface area contributed by atoms with E-state index >= 15 is 0 Å². The average Bonchev–Trinajstić information content (AvgIpc) is 2.95. The molecule has 0 aromatic heterocycles. The normalized spacial score (nSPS) is 13.0. The molecule has 0 aliphatic carbocycles. The Morgan fingerprint density at radius 1 is 0.933 bits per heavy atom. The lowest BCUT2D eigenvalue weighted by Gasteiger charge is -2.10. The fourth-order valence-corrected chi connectivity index (χ4v) is 4.01. The molecule has 0 fully saturated rings. The summed E-state index contributed by atoms with van der Waals surface area (Å²) in [6.45, 7) is 4.02. The van der Waals surface area contributed by atoms with Crippen LogP contribution in [0.15, 0.2) is 82.8 Å². The van der Waals surface area contributed by atoms with Gasteiger partial charge in [0.25, 0.3) is 0 Å². The number of nitrogens with one attached hydrogen (secondary N) is 1. The number of aryl methyl sites for hydroxylation is 2. The van der Waals surface area contributed by atoms with Crippen molar-refractivity contribution in [3.63, 3.8) is 0 Å². The van der Waals surface area contributed by atoms with Crippen molar-refractivity contribution in [3.05, 3.63) is 89.5 Å². The highest BCUT2D eigenvalue weighted by Gasteiger charge is 2.16. The first-order chi connectivity index (χ1) is 14.6. The van der Waals surface area contributed by atoms with E-state index in [1.54, 1.807) is 0 Å². The number of rotatable bonds is 4. The summed E-state index contributed by atoms with van der Waals surface area (Å²) in [5, 5.41) is 3.91. The van der Waals surface area contributed by atoms with Gasteiger partial charge in [0, 0.05) is 12.1 Å². The summed E-state index contributed by atoms with van der Waals surface area (Å²) in [6, 6.07) is 24.1. The molecule has 5 heteroatoms. The third-order valence-corrected chi connectivity index (χ3v) is 5.82. The number of hydrogen-bond donors (Lipinski definition) is 1. The van der Waals surface area contributed by atoms with E-state index in [2.05, 4.69) is 17.4 Å². The third-order valence-electron chi connectivity index (χ3n) is 4.85. The van der Waals surface area contributed by atoms with Crippen molar-refractivity contribution in [1.82, 2.24) is 0 Å². The van der Waals surface area contributed by atoms with Gasteiger partial charge in [0.1, 0.15) is 0 Å². The van der Waals surface area contributed by atoms with Gasteiger partial charge in [-0.15, -0.1) is 11.8 Å². The minimum atomic E-state index is -0.0351. The molecule has 0 radical (unpaired) electrons. The summed E-state index contributed by atoms with van der Waals surface area (Å²) >= 11 is 1.47. The number of fused-ring (bicyclic) bond motifs is 1. The van der Waals surface area contributed by atoms with Gasteiger partial charge in [-0.25, -0.2) is 4.99 Å². The van der Waals surface area contributed by atoms with E-state index in [4.69, 9.17) is 9.98 Å². The van der Waals surface area contributed by atoms with E-state index in [0.717, 1.165) is 44.5 Å². The van der Waals surface area contributed by atoms with Gasteiger partial charge in [0.05, 0.1) is 27.9 Å². The van der Waals surface area contributed by atoms with Crippen molar-refractivity contribution in [2.75, 3.05) is 11.1 Å². The van der Waals surface area contributed by atoms with Gasteiger partial charge >= 0.3 is 0 Å². The number of para-hydroxylation sites is 2. The molecule has 4 nitrogen and oxygen atoms in total. The van der Waals surface area contributed by atoms with Crippen LogP contribution < -0.4 is 5.32 Å². The zero-order valence-corrected chi connectivity index (χ0v) is 17.9. The predicted molar refractivity (Wildman–Crippen MR) is 128 cm³/mol. The standard InChI is InChI=1S/C25H23N3OS/c1-17-12-13-18(2)22(14-17)27-24(29)16-30-25-15-23(19-8-4-3-5-9-19)26-20-10-6-7-11-21(20)28-25/h3-14H,15-16H2,1-2H3,(H,27,29). The highest BCUT2D eigenvalue weighted by molar-refractivity contribution is 8.14. The molecule has 0 unspecified atom stereocenters. The van der Waals surface area contributed by atoms with Gasteiger partial charge in [0.2, 0.25) is 5.91 Å². The highest BCUT2D eigenvalue weighted by Crippen LogP contribution is 2.33. The second-order valence-corrected chi connectivity index (χ2v) is 8.30. The zero-order valence-electron chi connectivity index (χ0n) is 17.1. The number of benzene rings is 3. The van der Waals surface area contributed by atoms with E-state index in [0.29, 0.717) is 12.2 Å². The molecule has 0 bridgehead atoms. The van der Waals surface area contributed by atoms with Crippen LogP contribution in [0.2, 0.25) is 0 Å². The van der Waals surface area contributed by atoms with Crippen LogP contribution in [0.5, 0.6) is 0 Å². The molecule has 1 aliphatic rings. The summed E-state index contributed by atoms with van der Waals surface area (Å²) in [5.74, 6) is 0.267. The molecule has 0 saturated carbocycles. The molecule has 0 atom stereocenters. The van der Waals surface area contributed by atoms with Crippen LogP contribution in [0, 0.1) is 13.8 Å². The minimum Gasteiger partial charge on any atom is -0.325 e. The number of carbonyl (C=O) groups excluding carboxylic acids is 1. The van der Waals surface area contributed by atoms with Crippen LogP contribution in [0.25, 0.3) is 0 Å². The van der Waals surface area contributed by atoms with Crippen molar-refractivity contribution >= 4 is 45.5 Å². The van der Waals surface area contributed by atoms with Gasteiger partial charge in [-0.05, 0) is 48.7 Å². The first-order valence-electron chi connectivity index (χ1n) is 9.88. The second-order valence-electron chi connectivity index (χ2n) is 7.25. The van der Waals surface area contributed by atoms with Crippen molar-refractivity contribution < 1.29 is 4.79 Å². The summed E-state index contributed by atoms with van der Waals surface area (Å²) in [6.07, 6.45) is 0.597. The van der Waals surface area contributed by atoms with Crippen LogP contribution >= 0.6 is 11.8 Å². The van der Waals surface area contributed by atoms with E-state index < -0.39 is 0 Å². The molecule has 3 aromatic carbocycles. The summed E-state index contributed by atoms with van der Waals surface area (Å²) in [5.41, 5.74) is 6.76. The first-order valence-corrected chi connectivity index (χ1v) is 10.9. The Bertz CT molecular complexity index is 1140. The quantitative estimate of drug-likeness (QED) is 0.551. The summed E-state index contributed by atoms with van der Waals surface area (Å²) in [4.78, 5) is 22.3. The van der Waals surface area contributed by atoms with Crippen LogP contribution in [0.4, 0.5) is 17.1 Å². The molecule has 3 aromatic rings. The molecule has 150 valence electrons. The maximum Gasteiger partial charge on any atom is 0.234 e. The molecular formula is C25H23N3OS. The fourth-order valence-electron chi connectivity index (χ4n) is 3.24. The third kappa shape index (κ3) is 4.86. The number of carbonyl (C=O) groups is 1. The SMILES string of the molecule is Cc1ccc(C)c(NC(=O)CSC2=Nc3ccccc3N=C(c3ccccc3)C2)c1. The Hall–Kier alpha value is -3.18. The Morgan fingerprint density at radius 3 is 2.40 bits per heavy atom. The van der Waals surface area contributed by atoms with Gasteiger partial charge in [-0.1, -0.05) is 54.6 Å². The summed E-state index contributed by atoms with van der Waals surface area (Å²) in [7, 11) is 0. The number of hydrogen-bond acceptors (Lipinski definition) is 4. The molecule has 1 N–H and O–H groups in total. The van der Waals surface area contributed by atoms with Gasteiger partial charge in [-0.2, -0.15) is 0 Å². The van der Waals surface area contributed by atoms with Crippen molar-refractivity contribution in [1.29, 1.82) is 0 Å². The fraction of sp³-hybridized carbons (Fsp3) is 0.160. The summed E-state index contributed by atoms with van der Waals surface area (Å²) < 4.78 is 0. The molecule has 0 saturated heterocycles. The van der Waals surface area contributed by atoms with Crippen molar-refractivity contribution in [2.24, 2.45) is 9.98 Å². The Kier molecular flexibility index (Phi) is 6.10. The number of amides is 1. The van der Waals surface area contributed by atoms with Gasteiger partial charge < -0.3 is 5.32 Å². The largest absolute Gasteiger partial charge is 0.325 e. The van der Waals surface area contributed by atoms with Crippen LogP contribution in [-0.2, 0) is 4.79 Å². The van der Waals surface area contributed by atoms with E-state index in [-0.39, 0.29) is 5.91 Å².